The van der Waals surface area contributed by atoms with Gasteiger partial charge in [0.2, 0.25) is 0 Å². The van der Waals surface area contributed by atoms with Crippen LogP contribution in [0.15, 0.2) is 194 Å². The van der Waals surface area contributed by atoms with Crippen molar-refractivity contribution in [3.8, 4) is 33.4 Å². The average Bonchev–Trinajstić information content (AvgIpc) is 3.25. The Morgan fingerprint density at radius 2 is 0.764 bits per heavy atom. The summed E-state index contributed by atoms with van der Waals surface area (Å²) < 4.78 is 0. The first-order valence-corrected chi connectivity index (χ1v) is 18.9. The van der Waals surface area contributed by atoms with Crippen LogP contribution in [-0.2, 0) is 5.41 Å². The van der Waals surface area contributed by atoms with E-state index in [1.807, 2.05) is 24.3 Å². The third-order valence-corrected chi connectivity index (χ3v) is 11.4. The molecular weight excluding hydrogens is 669 g/mol. The Morgan fingerprint density at radius 3 is 1.36 bits per heavy atom. The lowest BCUT2D eigenvalue weighted by Crippen LogP contribution is -2.30. The minimum absolute atomic E-state index is 0.101. The van der Waals surface area contributed by atoms with Crippen LogP contribution in [0.25, 0.3) is 33.4 Å². The minimum atomic E-state index is -0.297. The second kappa shape index (κ2) is 12.9. The summed E-state index contributed by atoms with van der Waals surface area (Å²) in [7, 11) is 0. The van der Waals surface area contributed by atoms with Gasteiger partial charge in [-0.25, -0.2) is 0 Å². The van der Waals surface area contributed by atoms with E-state index < -0.39 is 0 Å². The van der Waals surface area contributed by atoms with Crippen molar-refractivity contribution in [3.63, 3.8) is 0 Å². The van der Waals surface area contributed by atoms with E-state index in [2.05, 4.69) is 194 Å². The van der Waals surface area contributed by atoms with Crippen molar-refractivity contribution >= 4 is 39.9 Å². The van der Waals surface area contributed by atoms with Crippen LogP contribution in [0.3, 0.4) is 0 Å². The predicted molar refractivity (Wildman–Crippen MR) is 228 cm³/mol. The van der Waals surface area contributed by atoms with Crippen molar-refractivity contribution in [2.45, 2.75) is 19.3 Å². The summed E-state index contributed by atoms with van der Waals surface area (Å²) >= 11 is 0. The Hall–Kier alpha value is -6.97. The maximum atomic E-state index is 13.6. The van der Waals surface area contributed by atoms with Gasteiger partial charge in [0, 0.05) is 27.9 Å². The molecule has 0 fully saturated rings. The van der Waals surface area contributed by atoms with E-state index in [9.17, 15) is 4.79 Å². The van der Waals surface area contributed by atoms with Gasteiger partial charge in [0.15, 0.2) is 5.78 Å². The van der Waals surface area contributed by atoms with E-state index in [0.29, 0.717) is 0 Å². The molecule has 8 aromatic carbocycles. The zero-order valence-corrected chi connectivity index (χ0v) is 30.8. The predicted octanol–water partition coefficient (Wildman–Crippen LogP) is 13.8. The van der Waals surface area contributed by atoms with Gasteiger partial charge in [-0.2, -0.15) is 0 Å². The maximum Gasteiger partial charge on any atom is 0.193 e. The van der Waals surface area contributed by atoms with Crippen LogP contribution in [0.5, 0.6) is 0 Å². The van der Waals surface area contributed by atoms with Gasteiger partial charge >= 0.3 is 0 Å². The Kier molecular flexibility index (Phi) is 7.64. The molecule has 0 saturated carbocycles. The number of anilines is 6. The first-order valence-electron chi connectivity index (χ1n) is 18.9. The summed E-state index contributed by atoms with van der Waals surface area (Å²) in [6, 6.07) is 68.7. The molecule has 0 unspecified atom stereocenters. The van der Waals surface area contributed by atoms with Crippen molar-refractivity contribution in [2.24, 2.45) is 0 Å². The maximum absolute atomic E-state index is 13.6. The van der Waals surface area contributed by atoms with Gasteiger partial charge in [-0.3, -0.25) is 4.79 Å². The lowest BCUT2D eigenvalue weighted by atomic mass is 9.68. The molecular formula is C52H38N2O. The van der Waals surface area contributed by atoms with Crippen LogP contribution >= 0.6 is 0 Å². The first kappa shape index (κ1) is 32.7. The number of nitrogens with zero attached hydrogens (tertiary/aromatic N) is 2. The van der Waals surface area contributed by atoms with Crippen molar-refractivity contribution in [1.29, 1.82) is 0 Å². The molecule has 262 valence electrons. The monoisotopic (exact) mass is 706 g/mol. The molecule has 55 heavy (non-hydrogen) atoms. The molecule has 2 aliphatic rings. The fourth-order valence-electron chi connectivity index (χ4n) is 8.55. The fourth-order valence-corrected chi connectivity index (χ4v) is 8.55. The third-order valence-electron chi connectivity index (χ3n) is 11.4. The molecule has 0 N–H and O–H groups in total. The largest absolute Gasteiger partial charge is 0.306 e. The fraction of sp³-hybridized carbons (Fsp3) is 0.0577. The van der Waals surface area contributed by atoms with Crippen molar-refractivity contribution in [1.82, 2.24) is 0 Å². The lowest BCUT2D eigenvalue weighted by molar-refractivity contribution is 0.103. The number of ketones is 1. The Morgan fingerprint density at radius 1 is 0.345 bits per heavy atom. The summed E-state index contributed by atoms with van der Waals surface area (Å²) in [4.78, 5) is 18.4. The number of fused-ring (bicyclic) bond motifs is 4. The number of hydrogen-bond acceptors (Lipinski definition) is 3. The molecule has 0 spiro atoms. The van der Waals surface area contributed by atoms with E-state index >= 15 is 0 Å². The number of hydrogen-bond donors (Lipinski definition) is 0. The molecule has 0 saturated heterocycles. The normalized spacial score (nSPS) is 13.7. The van der Waals surface area contributed by atoms with Crippen LogP contribution in [0.2, 0.25) is 0 Å². The number of benzene rings is 8. The average molecular weight is 707 g/mol. The summed E-state index contributed by atoms with van der Waals surface area (Å²) in [5, 5.41) is 0. The van der Waals surface area contributed by atoms with E-state index in [4.69, 9.17) is 0 Å². The molecule has 0 radical (unpaired) electrons. The van der Waals surface area contributed by atoms with Gasteiger partial charge in [0.05, 0.1) is 22.7 Å². The molecule has 3 nitrogen and oxygen atoms in total. The Balaban J connectivity index is 1.13. The second-order valence-corrected chi connectivity index (χ2v) is 15.0. The van der Waals surface area contributed by atoms with Crippen LogP contribution in [0, 0.1) is 0 Å². The van der Waals surface area contributed by atoms with Crippen molar-refractivity contribution in [2.75, 3.05) is 9.80 Å². The van der Waals surface area contributed by atoms with E-state index in [-0.39, 0.29) is 11.2 Å². The topological polar surface area (TPSA) is 23.6 Å². The Bertz CT molecular complexity index is 2640. The van der Waals surface area contributed by atoms with Crippen LogP contribution in [-0.4, -0.2) is 5.78 Å². The molecule has 0 amide bonds. The molecule has 1 heterocycles. The molecule has 0 atom stereocenters. The van der Waals surface area contributed by atoms with E-state index in [1.165, 1.54) is 11.1 Å². The number of carbonyl (C=O) groups is 1. The van der Waals surface area contributed by atoms with Gasteiger partial charge in [0.1, 0.15) is 0 Å². The van der Waals surface area contributed by atoms with Gasteiger partial charge < -0.3 is 9.80 Å². The molecule has 3 heteroatoms. The smallest absolute Gasteiger partial charge is 0.193 e. The Labute approximate surface area is 322 Å². The van der Waals surface area contributed by atoms with Crippen molar-refractivity contribution < 1.29 is 4.79 Å². The van der Waals surface area contributed by atoms with Gasteiger partial charge in [-0.15, -0.1) is 0 Å². The summed E-state index contributed by atoms with van der Waals surface area (Å²) in [5.41, 5.74) is 16.9. The zero-order chi connectivity index (χ0) is 37.1. The molecule has 0 bridgehead atoms. The van der Waals surface area contributed by atoms with Gasteiger partial charge in [0.25, 0.3) is 0 Å². The van der Waals surface area contributed by atoms with Crippen LogP contribution < -0.4 is 9.80 Å². The highest BCUT2D eigenvalue weighted by molar-refractivity contribution is 6.13. The highest BCUT2D eigenvalue weighted by atomic mass is 16.1. The summed E-state index contributed by atoms with van der Waals surface area (Å²) in [6.45, 7) is 4.45. The summed E-state index contributed by atoms with van der Waals surface area (Å²) in [6.07, 6.45) is 0. The van der Waals surface area contributed by atoms with Gasteiger partial charge in [-0.1, -0.05) is 153 Å². The first-order chi connectivity index (χ1) is 27.0. The van der Waals surface area contributed by atoms with Crippen LogP contribution in [0.4, 0.5) is 34.1 Å². The van der Waals surface area contributed by atoms with E-state index in [0.717, 1.165) is 78.6 Å². The number of carbonyl (C=O) groups excluding carboxylic acids is 1. The third kappa shape index (κ3) is 5.39. The highest BCUT2D eigenvalue weighted by Crippen LogP contribution is 2.56. The van der Waals surface area contributed by atoms with E-state index in [1.54, 1.807) is 0 Å². The standard InChI is InChI=1S/C52H38N2O/c1-52(2)45-21-13-12-20-43(45)51(55)44-29-24-38(32-46(44)52)37-22-27-42(28-23-37)54-49-33-39(35-14-6-3-7-15-35)25-30-47(49)53(41-18-10-5-11-19-41)48-31-26-40(34-50(48)54)36-16-8-4-9-17-36/h3-34H,1-2H3. The number of para-hydroxylation sites is 1. The van der Waals surface area contributed by atoms with Crippen LogP contribution in [0.1, 0.15) is 40.9 Å². The van der Waals surface area contributed by atoms with Gasteiger partial charge in [-0.05, 0) is 99.1 Å². The highest BCUT2D eigenvalue weighted by Gasteiger charge is 2.37. The molecule has 1 aliphatic carbocycles. The molecule has 10 rings (SSSR count). The zero-order valence-electron chi connectivity index (χ0n) is 30.8. The quantitative estimate of drug-likeness (QED) is 0.178. The number of rotatable bonds is 5. The lowest BCUT2D eigenvalue weighted by Gasteiger charge is -2.41. The summed E-state index contributed by atoms with van der Waals surface area (Å²) in [5.74, 6) is 0.101. The molecule has 0 aromatic heterocycles. The second-order valence-electron chi connectivity index (χ2n) is 15.0. The minimum Gasteiger partial charge on any atom is -0.306 e. The molecule has 1 aliphatic heterocycles. The van der Waals surface area contributed by atoms with Crippen molar-refractivity contribution in [3.05, 3.63) is 216 Å². The SMILES string of the molecule is CC1(C)c2ccccc2C(=O)c2ccc(-c3ccc(N4c5cc(-c6ccccc6)ccc5N(c5ccccc5)c5ccc(-c6ccccc6)cc54)cc3)cc21. The molecule has 8 aromatic rings.